The highest BCUT2D eigenvalue weighted by Gasteiger charge is 2.25. The number of anilines is 1. The summed E-state index contributed by atoms with van der Waals surface area (Å²) in [7, 11) is -1.92. The van der Waals surface area contributed by atoms with Gasteiger partial charge in [-0.2, -0.15) is 0 Å². The minimum atomic E-state index is -3.58. The molecule has 0 aliphatic rings. The van der Waals surface area contributed by atoms with Crippen LogP contribution in [0.15, 0.2) is 40.4 Å². The molecule has 1 aromatic carbocycles. The summed E-state index contributed by atoms with van der Waals surface area (Å²) >= 11 is 2.43. The van der Waals surface area contributed by atoms with Gasteiger partial charge in [-0.05, 0) is 38.5 Å². The minimum Gasteiger partial charge on any atom is -0.365 e. The number of sulfone groups is 1. The molecular weight excluding hydrogens is 470 g/mol. The molecule has 0 aliphatic heterocycles. The zero-order valence-electron chi connectivity index (χ0n) is 17.9. The second-order valence-corrected chi connectivity index (χ2v) is 11.7. The molecule has 32 heavy (non-hydrogen) atoms. The number of nitrogens with two attached hydrogens (primary N) is 1. The van der Waals surface area contributed by atoms with Crippen molar-refractivity contribution in [3.8, 4) is 0 Å². The van der Waals surface area contributed by atoms with Crippen molar-refractivity contribution in [3.63, 3.8) is 0 Å². The number of nitrogens with zero attached hydrogens (tertiary/aromatic N) is 3. The number of aryl methyl sites for hydroxylation is 1. The van der Waals surface area contributed by atoms with E-state index in [-0.39, 0.29) is 22.4 Å². The fraction of sp³-hybridized carbons (Fsp3) is 0.300. The van der Waals surface area contributed by atoms with Crippen molar-refractivity contribution in [1.29, 1.82) is 0 Å². The smallest absolute Gasteiger partial charge is 0.251 e. The second kappa shape index (κ2) is 9.43. The van der Waals surface area contributed by atoms with Crippen LogP contribution in [0.4, 0.5) is 5.00 Å². The molecule has 0 spiro atoms. The van der Waals surface area contributed by atoms with Crippen LogP contribution < -0.4 is 11.1 Å². The predicted molar refractivity (Wildman–Crippen MR) is 125 cm³/mol. The van der Waals surface area contributed by atoms with Crippen molar-refractivity contribution in [3.05, 3.63) is 52.2 Å². The van der Waals surface area contributed by atoms with Gasteiger partial charge in [-0.1, -0.05) is 30.0 Å². The van der Waals surface area contributed by atoms with Gasteiger partial charge in [0.25, 0.3) is 5.91 Å². The van der Waals surface area contributed by atoms with Crippen LogP contribution in [-0.2, 0) is 27.4 Å². The van der Waals surface area contributed by atoms with Gasteiger partial charge >= 0.3 is 0 Å². The number of benzene rings is 1. The van der Waals surface area contributed by atoms with E-state index in [4.69, 9.17) is 5.73 Å². The number of carbonyl (C=O) groups is 2. The molecule has 2 amide bonds. The van der Waals surface area contributed by atoms with Gasteiger partial charge in [-0.25, -0.2) is 8.42 Å². The molecule has 0 bridgehead atoms. The highest BCUT2D eigenvalue weighted by atomic mass is 32.2. The second-order valence-electron chi connectivity index (χ2n) is 7.13. The van der Waals surface area contributed by atoms with Crippen LogP contribution in [0.5, 0.6) is 0 Å². The SMILES string of the molecule is Cc1sc(NC(=O)C(C)Sc2nnc(CS(=O)(=O)c3ccccc3)n2C)c(C(N)=O)c1C. The van der Waals surface area contributed by atoms with E-state index >= 15 is 0 Å². The Morgan fingerprint density at radius 1 is 1.22 bits per heavy atom. The lowest BCUT2D eigenvalue weighted by molar-refractivity contribution is -0.115. The van der Waals surface area contributed by atoms with Gasteiger partial charge in [0.05, 0.1) is 15.7 Å². The lowest BCUT2D eigenvalue weighted by atomic mass is 10.1. The van der Waals surface area contributed by atoms with E-state index < -0.39 is 21.0 Å². The van der Waals surface area contributed by atoms with E-state index in [2.05, 4.69) is 15.5 Å². The number of thiophene rings is 1. The molecule has 1 unspecified atom stereocenters. The summed E-state index contributed by atoms with van der Waals surface area (Å²) < 4.78 is 26.8. The van der Waals surface area contributed by atoms with Crippen molar-refractivity contribution in [2.75, 3.05) is 5.32 Å². The van der Waals surface area contributed by atoms with E-state index in [1.807, 2.05) is 6.92 Å². The van der Waals surface area contributed by atoms with Gasteiger partial charge in [0, 0.05) is 11.9 Å². The molecule has 170 valence electrons. The van der Waals surface area contributed by atoms with Crippen LogP contribution in [0.1, 0.15) is 33.5 Å². The van der Waals surface area contributed by atoms with E-state index in [1.165, 1.54) is 23.5 Å². The van der Waals surface area contributed by atoms with Crippen LogP contribution in [0, 0.1) is 13.8 Å². The third-order valence-corrected chi connectivity index (χ3v) is 8.75. The maximum Gasteiger partial charge on any atom is 0.251 e. The van der Waals surface area contributed by atoms with Gasteiger partial charge in [-0.15, -0.1) is 21.5 Å². The molecular formula is C20H23N5O4S3. The van der Waals surface area contributed by atoms with E-state index in [0.29, 0.717) is 15.7 Å². The Hall–Kier alpha value is -2.70. The van der Waals surface area contributed by atoms with Crippen molar-refractivity contribution in [2.45, 2.75) is 41.8 Å². The summed E-state index contributed by atoms with van der Waals surface area (Å²) in [5.41, 5.74) is 6.52. The number of rotatable bonds is 8. The Bertz CT molecular complexity index is 1270. The molecule has 0 fully saturated rings. The minimum absolute atomic E-state index is 0.205. The first-order chi connectivity index (χ1) is 15.0. The normalized spacial score (nSPS) is 12.5. The van der Waals surface area contributed by atoms with Crippen LogP contribution in [0.2, 0.25) is 0 Å². The highest BCUT2D eigenvalue weighted by Crippen LogP contribution is 2.33. The number of carbonyl (C=O) groups excluding carboxylic acids is 2. The maximum atomic E-state index is 12.7. The Labute approximate surface area is 194 Å². The third kappa shape index (κ3) is 5.03. The first-order valence-corrected chi connectivity index (χ1v) is 12.9. The van der Waals surface area contributed by atoms with Crippen molar-refractivity contribution < 1.29 is 18.0 Å². The number of aromatic nitrogens is 3. The third-order valence-electron chi connectivity index (χ3n) is 4.87. The predicted octanol–water partition coefficient (Wildman–Crippen LogP) is 2.69. The molecule has 0 saturated heterocycles. The lowest BCUT2D eigenvalue weighted by Gasteiger charge is -2.11. The molecule has 0 aliphatic carbocycles. The average molecular weight is 494 g/mol. The summed E-state index contributed by atoms with van der Waals surface area (Å²) in [6.45, 7) is 5.32. The van der Waals surface area contributed by atoms with Crippen LogP contribution in [0.3, 0.4) is 0 Å². The van der Waals surface area contributed by atoms with Crippen molar-refractivity contribution in [2.24, 2.45) is 12.8 Å². The first kappa shape index (κ1) is 24.0. The molecule has 3 N–H and O–H groups in total. The summed E-state index contributed by atoms with van der Waals surface area (Å²) in [6.07, 6.45) is 0. The zero-order chi connectivity index (χ0) is 23.6. The molecule has 3 aromatic rings. The number of hydrogen-bond acceptors (Lipinski definition) is 8. The van der Waals surface area contributed by atoms with Gasteiger partial charge in [-0.3, -0.25) is 9.59 Å². The molecule has 0 saturated carbocycles. The van der Waals surface area contributed by atoms with Gasteiger partial charge in [0.15, 0.2) is 15.0 Å². The summed E-state index contributed by atoms with van der Waals surface area (Å²) in [4.78, 5) is 25.6. The number of primary amides is 1. The molecule has 0 radical (unpaired) electrons. The monoisotopic (exact) mass is 493 g/mol. The Morgan fingerprint density at radius 3 is 2.50 bits per heavy atom. The quantitative estimate of drug-likeness (QED) is 0.460. The molecule has 9 nitrogen and oxygen atoms in total. The number of hydrogen-bond donors (Lipinski definition) is 2. The topological polar surface area (TPSA) is 137 Å². The Kier molecular flexibility index (Phi) is 7.06. The largest absolute Gasteiger partial charge is 0.365 e. The molecule has 2 heterocycles. The van der Waals surface area contributed by atoms with Crippen molar-refractivity contribution >= 4 is 49.8 Å². The fourth-order valence-electron chi connectivity index (χ4n) is 2.89. The Balaban J connectivity index is 1.72. The van der Waals surface area contributed by atoms with Gasteiger partial charge in [0.2, 0.25) is 5.91 Å². The fourth-order valence-corrected chi connectivity index (χ4v) is 6.12. The number of nitrogens with one attached hydrogen (secondary N) is 1. The van der Waals surface area contributed by atoms with Crippen LogP contribution in [0.25, 0.3) is 0 Å². The maximum absolute atomic E-state index is 12.7. The molecule has 1 atom stereocenters. The molecule has 2 aromatic heterocycles. The summed E-state index contributed by atoms with van der Waals surface area (Å²) in [6, 6.07) is 8.12. The van der Waals surface area contributed by atoms with E-state index in [1.54, 1.807) is 43.7 Å². The lowest BCUT2D eigenvalue weighted by Crippen LogP contribution is -2.24. The van der Waals surface area contributed by atoms with Gasteiger partial charge < -0.3 is 15.6 Å². The standard InChI is InChI=1S/C20H23N5O4S3/c1-11-12(2)30-19(16(11)17(21)26)22-18(27)13(3)31-20-24-23-15(25(20)4)10-32(28,29)14-8-6-5-7-9-14/h5-9,13H,10H2,1-4H3,(H2,21,26)(H,22,27). The van der Waals surface area contributed by atoms with E-state index in [9.17, 15) is 18.0 Å². The van der Waals surface area contributed by atoms with Crippen LogP contribution in [-0.4, -0.2) is 40.2 Å². The molecule has 3 rings (SSSR count). The zero-order valence-corrected chi connectivity index (χ0v) is 20.4. The van der Waals surface area contributed by atoms with Gasteiger partial charge in [0.1, 0.15) is 16.6 Å². The van der Waals surface area contributed by atoms with Crippen LogP contribution >= 0.6 is 23.1 Å². The Morgan fingerprint density at radius 2 is 1.88 bits per heavy atom. The molecule has 12 heteroatoms. The van der Waals surface area contributed by atoms with E-state index in [0.717, 1.165) is 22.2 Å². The summed E-state index contributed by atoms with van der Waals surface area (Å²) in [5, 5.41) is 11.0. The van der Waals surface area contributed by atoms with Crippen molar-refractivity contribution in [1.82, 2.24) is 14.8 Å². The number of amides is 2. The number of thioether (sulfide) groups is 1. The highest BCUT2D eigenvalue weighted by molar-refractivity contribution is 8.00. The summed E-state index contributed by atoms with van der Waals surface area (Å²) in [5.74, 6) is -0.970. The first-order valence-electron chi connectivity index (χ1n) is 9.54. The average Bonchev–Trinajstić information content (AvgIpc) is 3.21.